The summed E-state index contributed by atoms with van der Waals surface area (Å²) >= 11 is 1.59. The molecule has 2 aliphatic heterocycles. The van der Waals surface area contributed by atoms with Crippen LogP contribution in [-0.4, -0.2) is 36.1 Å². The zero-order valence-electron chi connectivity index (χ0n) is 19.9. The second kappa shape index (κ2) is 8.08. The third-order valence-electron chi connectivity index (χ3n) is 7.28. The number of hydrogen-bond donors (Lipinski definition) is 0. The molecule has 0 bridgehead atoms. The van der Waals surface area contributed by atoms with Crippen molar-refractivity contribution in [2.24, 2.45) is 5.92 Å². The number of rotatable bonds is 4. The molecule has 2 aromatic rings. The number of hydrogen-bond acceptors (Lipinski definition) is 4. The van der Waals surface area contributed by atoms with E-state index >= 15 is 0 Å². The van der Waals surface area contributed by atoms with E-state index in [-0.39, 0.29) is 23.1 Å². The van der Waals surface area contributed by atoms with Crippen molar-refractivity contribution in [3.05, 3.63) is 59.2 Å². The third kappa shape index (κ3) is 3.54. The number of thioether (sulfide) groups is 1. The zero-order valence-corrected chi connectivity index (χ0v) is 20.7. The van der Waals surface area contributed by atoms with Crippen molar-refractivity contribution in [3.63, 3.8) is 0 Å². The number of methoxy groups -OCH3 is 1. The highest BCUT2D eigenvalue weighted by Crippen LogP contribution is 2.56. The van der Waals surface area contributed by atoms with Gasteiger partial charge in [-0.05, 0) is 47.6 Å². The SMILES string of the molecule is COc1ccc2c(c1)[C@]1(SCCN1C(=O)C1CCC1)C(=O)N2Cc1ccc(C(C)(C)C)cc1. The predicted octanol–water partition coefficient (Wildman–Crippen LogP) is 5.07. The molecule has 2 aromatic carbocycles. The lowest BCUT2D eigenvalue weighted by Gasteiger charge is -2.37. The number of nitrogens with zero attached hydrogens (tertiary/aromatic N) is 2. The van der Waals surface area contributed by atoms with E-state index in [0.29, 0.717) is 18.8 Å². The van der Waals surface area contributed by atoms with Crippen LogP contribution in [0.1, 0.15) is 56.7 Å². The van der Waals surface area contributed by atoms with Gasteiger partial charge in [0.25, 0.3) is 5.91 Å². The van der Waals surface area contributed by atoms with E-state index in [1.807, 2.05) is 28.0 Å². The van der Waals surface area contributed by atoms with Gasteiger partial charge in [0.05, 0.1) is 19.3 Å². The molecule has 174 valence electrons. The largest absolute Gasteiger partial charge is 0.497 e. The Balaban J connectivity index is 1.53. The summed E-state index contributed by atoms with van der Waals surface area (Å²) in [4.78, 5) is 30.3. The average Bonchev–Trinajstić information content (AvgIpc) is 3.29. The van der Waals surface area contributed by atoms with Gasteiger partial charge in [-0.3, -0.25) is 9.59 Å². The van der Waals surface area contributed by atoms with Crippen molar-refractivity contribution in [1.82, 2.24) is 4.90 Å². The Labute approximate surface area is 200 Å². The number of fused-ring (bicyclic) bond motifs is 2. The minimum atomic E-state index is -0.984. The summed E-state index contributed by atoms with van der Waals surface area (Å²) in [7, 11) is 1.64. The van der Waals surface area contributed by atoms with Crippen LogP contribution in [0.5, 0.6) is 5.75 Å². The van der Waals surface area contributed by atoms with Gasteiger partial charge in [-0.25, -0.2) is 0 Å². The molecule has 6 heteroatoms. The fraction of sp³-hybridized carbons (Fsp3) is 0.481. The van der Waals surface area contributed by atoms with Crippen molar-refractivity contribution in [1.29, 1.82) is 0 Å². The number of amides is 2. The van der Waals surface area contributed by atoms with Crippen molar-refractivity contribution in [3.8, 4) is 5.75 Å². The number of carbonyl (C=O) groups is 2. The maximum atomic E-state index is 14.1. The monoisotopic (exact) mass is 464 g/mol. The van der Waals surface area contributed by atoms with Gasteiger partial charge in [-0.2, -0.15) is 0 Å². The second-order valence-electron chi connectivity index (χ2n) is 10.3. The van der Waals surface area contributed by atoms with Gasteiger partial charge in [-0.1, -0.05) is 51.5 Å². The number of benzene rings is 2. The first-order chi connectivity index (χ1) is 15.8. The molecule has 2 fully saturated rings. The molecule has 2 amide bonds. The molecule has 1 atom stereocenters. The summed E-state index contributed by atoms with van der Waals surface area (Å²) < 4.78 is 5.51. The molecule has 0 radical (unpaired) electrons. The van der Waals surface area contributed by atoms with Gasteiger partial charge in [-0.15, -0.1) is 11.8 Å². The first-order valence-electron chi connectivity index (χ1n) is 11.8. The average molecular weight is 465 g/mol. The molecule has 1 aliphatic carbocycles. The normalized spacial score (nSPS) is 22.6. The summed E-state index contributed by atoms with van der Waals surface area (Å²) in [5.74, 6) is 1.64. The van der Waals surface area contributed by atoms with Gasteiger partial charge >= 0.3 is 0 Å². The molecule has 5 rings (SSSR count). The molecular weight excluding hydrogens is 432 g/mol. The van der Waals surface area contributed by atoms with Crippen LogP contribution < -0.4 is 9.64 Å². The second-order valence-corrected chi connectivity index (χ2v) is 11.6. The van der Waals surface area contributed by atoms with Gasteiger partial charge in [0, 0.05) is 23.8 Å². The predicted molar refractivity (Wildman–Crippen MR) is 133 cm³/mol. The molecule has 33 heavy (non-hydrogen) atoms. The highest BCUT2D eigenvalue weighted by molar-refractivity contribution is 8.01. The maximum Gasteiger partial charge on any atom is 0.268 e. The quantitative estimate of drug-likeness (QED) is 0.634. The van der Waals surface area contributed by atoms with Gasteiger partial charge < -0.3 is 14.5 Å². The Morgan fingerprint density at radius 2 is 1.88 bits per heavy atom. The Morgan fingerprint density at radius 1 is 1.15 bits per heavy atom. The van der Waals surface area contributed by atoms with E-state index in [0.717, 1.165) is 41.8 Å². The van der Waals surface area contributed by atoms with Crippen molar-refractivity contribution < 1.29 is 14.3 Å². The van der Waals surface area contributed by atoms with E-state index in [4.69, 9.17) is 4.74 Å². The van der Waals surface area contributed by atoms with Crippen LogP contribution >= 0.6 is 11.8 Å². The van der Waals surface area contributed by atoms with Crippen LogP contribution in [0.25, 0.3) is 0 Å². The smallest absolute Gasteiger partial charge is 0.268 e. The summed E-state index contributed by atoms with van der Waals surface area (Å²) in [5, 5.41) is 0. The van der Waals surface area contributed by atoms with E-state index in [1.54, 1.807) is 18.9 Å². The minimum absolute atomic E-state index is 0.0131. The molecule has 0 unspecified atom stereocenters. The molecule has 1 spiro atoms. The number of ether oxygens (including phenoxy) is 1. The van der Waals surface area contributed by atoms with Crippen LogP contribution in [0.4, 0.5) is 5.69 Å². The number of anilines is 1. The van der Waals surface area contributed by atoms with Crippen LogP contribution in [0, 0.1) is 5.92 Å². The molecule has 1 saturated heterocycles. The number of carbonyl (C=O) groups excluding carboxylic acids is 2. The minimum Gasteiger partial charge on any atom is -0.497 e. The molecule has 5 nitrogen and oxygen atoms in total. The molecule has 2 heterocycles. The van der Waals surface area contributed by atoms with E-state index in [2.05, 4.69) is 45.0 Å². The molecule has 0 aromatic heterocycles. The Bertz CT molecular complexity index is 1090. The lowest BCUT2D eigenvalue weighted by Crippen LogP contribution is -2.52. The highest BCUT2D eigenvalue weighted by Gasteiger charge is 2.60. The highest BCUT2D eigenvalue weighted by atomic mass is 32.2. The van der Waals surface area contributed by atoms with Crippen LogP contribution in [0.2, 0.25) is 0 Å². The molecular formula is C27H32N2O3S. The topological polar surface area (TPSA) is 49.9 Å². The first-order valence-corrected chi connectivity index (χ1v) is 12.8. The Morgan fingerprint density at radius 3 is 2.48 bits per heavy atom. The van der Waals surface area contributed by atoms with Crippen LogP contribution in [-0.2, 0) is 26.4 Å². The van der Waals surface area contributed by atoms with E-state index < -0.39 is 4.87 Å². The summed E-state index contributed by atoms with van der Waals surface area (Å²) in [6, 6.07) is 14.3. The standard InChI is InChI=1S/C27H32N2O3S/c1-26(2,3)20-10-8-18(9-11-20)17-28-23-13-12-21(32-4)16-22(23)27(25(28)31)29(14-15-33-27)24(30)19-6-5-7-19/h8-13,16,19H,5-7,14-15,17H2,1-4H3/t27-/m0/s1. The van der Waals surface area contributed by atoms with E-state index in [9.17, 15) is 9.59 Å². The first kappa shape index (κ1) is 22.3. The lowest BCUT2D eigenvalue weighted by atomic mass is 9.84. The summed E-state index contributed by atoms with van der Waals surface area (Å²) in [6.07, 6.45) is 2.96. The van der Waals surface area contributed by atoms with Crippen LogP contribution in [0.15, 0.2) is 42.5 Å². The molecule has 1 saturated carbocycles. The van der Waals surface area contributed by atoms with Crippen molar-refractivity contribution in [2.45, 2.75) is 56.9 Å². The van der Waals surface area contributed by atoms with Crippen LogP contribution in [0.3, 0.4) is 0 Å². The Hall–Kier alpha value is -2.47. The lowest BCUT2D eigenvalue weighted by molar-refractivity contribution is -0.145. The summed E-state index contributed by atoms with van der Waals surface area (Å²) in [6.45, 7) is 7.69. The molecule has 3 aliphatic rings. The van der Waals surface area contributed by atoms with Crippen molar-refractivity contribution in [2.75, 3.05) is 24.3 Å². The van der Waals surface area contributed by atoms with Crippen molar-refractivity contribution >= 4 is 29.3 Å². The molecule has 0 N–H and O–H groups in total. The van der Waals surface area contributed by atoms with Gasteiger partial charge in [0.15, 0.2) is 4.87 Å². The fourth-order valence-corrected chi connectivity index (χ4v) is 6.53. The van der Waals surface area contributed by atoms with E-state index in [1.165, 1.54) is 5.56 Å². The van der Waals surface area contributed by atoms with Gasteiger partial charge in [0.2, 0.25) is 5.91 Å². The maximum absolute atomic E-state index is 14.1. The third-order valence-corrected chi connectivity index (χ3v) is 8.70. The van der Waals surface area contributed by atoms with Gasteiger partial charge in [0.1, 0.15) is 5.75 Å². The summed E-state index contributed by atoms with van der Waals surface area (Å²) in [5.41, 5.74) is 4.19. The fourth-order valence-electron chi connectivity index (χ4n) is 5.07. The zero-order chi connectivity index (χ0) is 23.4. The Kier molecular flexibility index (Phi) is 5.47.